The van der Waals surface area contributed by atoms with Gasteiger partial charge in [-0.15, -0.1) is 5.73 Å². The standard InChI is InChI=1S/C16H14O2/c1-4-9-16(2,3)10-13-14(17)11-7-5-6-8-12(11)15(13)18/h5-10H,1H2,2-3H3. The number of rotatable bonds is 2. The van der Waals surface area contributed by atoms with Gasteiger partial charge in [-0.3, -0.25) is 9.59 Å². The summed E-state index contributed by atoms with van der Waals surface area (Å²) < 4.78 is 0. The molecule has 90 valence electrons. The van der Waals surface area contributed by atoms with E-state index < -0.39 is 5.41 Å². The van der Waals surface area contributed by atoms with Gasteiger partial charge in [0.15, 0.2) is 11.6 Å². The number of hydrogen-bond acceptors (Lipinski definition) is 2. The maximum absolute atomic E-state index is 12.2. The van der Waals surface area contributed by atoms with Crippen LogP contribution in [0.3, 0.4) is 0 Å². The van der Waals surface area contributed by atoms with Crippen LogP contribution in [0.25, 0.3) is 0 Å². The Bertz CT molecular complexity index is 575. The molecular formula is C16H14O2. The predicted molar refractivity (Wildman–Crippen MR) is 70.7 cm³/mol. The Kier molecular flexibility index (Phi) is 2.90. The lowest BCUT2D eigenvalue weighted by molar-refractivity contribution is 0.0987. The zero-order chi connectivity index (χ0) is 13.3. The minimum absolute atomic E-state index is 0.193. The number of Topliss-reactive ketones (excluding diaryl/α,β-unsaturated/α-hetero) is 2. The van der Waals surface area contributed by atoms with Crippen LogP contribution in [-0.2, 0) is 0 Å². The first-order valence-electron chi connectivity index (χ1n) is 5.74. The monoisotopic (exact) mass is 238 g/mol. The second-order valence-electron chi connectivity index (χ2n) is 4.93. The summed E-state index contributed by atoms with van der Waals surface area (Å²) in [5.41, 5.74) is 3.51. The lowest BCUT2D eigenvalue weighted by Gasteiger charge is -2.13. The smallest absolute Gasteiger partial charge is 0.197 e. The van der Waals surface area contributed by atoms with Crippen LogP contribution in [0.4, 0.5) is 0 Å². The fraction of sp³-hybridized carbons (Fsp3) is 0.188. The van der Waals surface area contributed by atoms with Crippen molar-refractivity contribution in [2.24, 2.45) is 5.41 Å². The highest BCUT2D eigenvalue weighted by Crippen LogP contribution is 2.30. The van der Waals surface area contributed by atoms with Gasteiger partial charge >= 0.3 is 0 Å². The normalized spacial score (nSPS) is 14.2. The number of fused-ring (bicyclic) bond motifs is 1. The molecule has 1 aromatic rings. The highest BCUT2D eigenvalue weighted by molar-refractivity contribution is 6.39. The van der Waals surface area contributed by atoms with Crippen molar-refractivity contribution in [3.8, 4) is 0 Å². The summed E-state index contributed by atoms with van der Waals surface area (Å²) in [5, 5.41) is 0. The molecule has 18 heavy (non-hydrogen) atoms. The Morgan fingerprint density at radius 1 is 1.11 bits per heavy atom. The zero-order valence-electron chi connectivity index (χ0n) is 10.5. The van der Waals surface area contributed by atoms with Gasteiger partial charge in [0.05, 0.1) is 5.57 Å². The summed E-state index contributed by atoms with van der Waals surface area (Å²) in [6.07, 6.45) is 3.43. The molecule has 2 heteroatoms. The zero-order valence-corrected chi connectivity index (χ0v) is 10.5. The molecule has 0 amide bonds. The van der Waals surface area contributed by atoms with Crippen LogP contribution >= 0.6 is 0 Å². The third-order valence-electron chi connectivity index (χ3n) is 2.90. The largest absolute Gasteiger partial charge is 0.288 e. The Morgan fingerprint density at radius 3 is 2.06 bits per heavy atom. The van der Waals surface area contributed by atoms with E-state index in [1.165, 1.54) is 0 Å². The van der Waals surface area contributed by atoms with Gasteiger partial charge in [0, 0.05) is 16.5 Å². The lowest BCUT2D eigenvalue weighted by Crippen LogP contribution is -2.09. The molecule has 0 saturated carbocycles. The van der Waals surface area contributed by atoms with Gasteiger partial charge in [0.25, 0.3) is 0 Å². The molecule has 0 aliphatic heterocycles. The molecule has 1 aliphatic carbocycles. The van der Waals surface area contributed by atoms with Crippen LogP contribution in [0.2, 0.25) is 0 Å². The average molecular weight is 238 g/mol. The molecule has 0 unspecified atom stereocenters. The summed E-state index contributed by atoms with van der Waals surface area (Å²) >= 11 is 0. The maximum Gasteiger partial charge on any atom is 0.197 e. The SMILES string of the molecule is C=C=CC(C)(C)C=C1C(=O)c2ccccc2C1=O. The molecule has 1 aromatic carbocycles. The van der Waals surface area contributed by atoms with Gasteiger partial charge in [-0.1, -0.05) is 50.8 Å². The van der Waals surface area contributed by atoms with E-state index in [1.807, 2.05) is 13.8 Å². The van der Waals surface area contributed by atoms with Gasteiger partial charge in [0.2, 0.25) is 0 Å². The summed E-state index contributed by atoms with van der Waals surface area (Å²) in [4.78, 5) is 24.3. The summed E-state index contributed by atoms with van der Waals surface area (Å²) in [6.45, 7) is 7.33. The Labute approximate surface area is 106 Å². The first kappa shape index (κ1) is 12.3. The van der Waals surface area contributed by atoms with Crippen molar-refractivity contribution >= 4 is 11.6 Å². The maximum atomic E-state index is 12.2. The Balaban J connectivity index is 2.52. The van der Waals surface area contributed by atoms with Crippen LogP contribution in [0.5, 0.6) is 0 Å². The molecule has 0 heterocycles. The van der Waals surface area contributed by atoms with Crippen molar-refractivity contribution in [1.29, 1.82) is 0 Å². The first-order valence-corrected chi connectivity index (χ1v) is 5.74. The molecule has 2 rings (SSSR count). The summed E-state index contributed by atoms with van der Waals surface area (Å²) in [5.74, 6) is -0.387. The van der Waals surface area contributed by atoms with Crippen molar-refractivity contribution in [3.05, 3.63) is 65.4 Å². The number of carbonyl (C=O) groups is 2. The fourth-order valence-electron chi connectivity index (χ4n) is 2.08. The number of carbonyl (C=O) groups excluding carboxylic acids is 2. The van der Waals surface area contributed by atoms with Crippen LogP contribution < -0.4 is 0 Å². The molecule has 0 bridgehead atoms. The van der Waals surface area contributed by atoms with Gasteiger partial charge in [0.1, 0.15) is 0 Å². The van der Waals surface area contributed by atoms with E-state index in [9.17, 15) is 9.59 Å². The van der Waals surface area contributed by atoms with E-state index in [0.29, 0.717) is 11.1 Å². The van der Waals surface area contributed by atoms with Gasteiger partial charge in [-0.2, -0.15) is 0 Å². The molecule has 0 spiro atoms. The molecular weight excluding hydrogens is 224 g/mol. The van der Waals surface area contributed by atoms with Crippen LogP contribution in [0.15, 0.2) is 54.3 Å². The highest BCUT2D eigenvalue weighted by Gasteiger charge is 2.33. The molecule has 0 N–H and O–H groups in total. The number of allylic oxidation sites excluding steroid dienone is 3. The van der Waals surface area contributed by atoms with Crippen molar-refractivity contribution < 1.29 is 9.59 Å². The van der Waals surface area contributed by atoms with E-state index in [4.69, 9.17) is 0 Å². The first-order chi connectivity index (χ1) is 8.46. The quantitative estimate of drug-likeness (QED) is 0.450. The Morgan fingerprint density at radius 2 is 1.61 bits per heavy atom. The molecule has 0 saturated heterocycles. The van der Waals surface area contributed by atoms with Crippen LogP contribution in [0, 0.1) is 5.41 Å². The number of benzene rings is 1. The van der Waals surface area contributed by atoms with Crippen LogP contribution in [0.1, 0.15) is 34.6 Å². The summed E-state index contributed by atoms with van der Waals surface area (Å²) in [7, 11) is 0. The molecule has 1 aliphatic rings. The summed E-state index contributed by atoms with van der Waals surface area (Å²) in [6, 6.07) is 6.91. The van der Waals surface area contributed by atoms with Crippen molar-refractivity contribution in [3.63, 3.8) is 0 Å². The average Bonchev–Trinajstić information content (AvgIpc) is 2.55. The number of ketones is 2. The van der Waals surface area contributed by atoms with Crippen LogP contribution in [-0.4, -0.2) is 11.6 Å². The van der Waals surface area contributed by atoms with E-state index in [2.05, 4.69) is 12.3 Å². The Hall–Kier alpha value is -2.18. The lowest BCUT2D eigenvalue weighted by atomic mass is 9.89. The second kappa shape index (κ2) is 4.25. The minimum Gasteiger partial charge on any atom is -0.288 e. The third kappa shape index (κ3) is 1.99. The molecule has 0 aromatic heterocycles. The van der Waals surface area contributed by atoms with Crippen molar-refractivity contribution in [1.82, 2.24) is 0 Å². The van der Waals surface area contributed by atoms with Crippen molar-refractivity contribution in [2.45, 2.75) is 13.8 Å². The molecule has 0 atom stereocenters. The topological polar surface area (TPSA) is 34.1 Å². The van der Waals surface area contributed by atoms with E-state index >= 15 is 0 Å². The third-order valence-corrected chi connectivity index (χ3v) is 2.90. The molecule has 2 nitrogen and oxygen atoms in total. The molecule has 0 fully saturated rings. The second-order valence-corrected chi connectivity index (χ2v) is 4.93. The predicted octanol–water partition coefficient (Wildman–Crippen LogP) is 3.36. The number of hydrogen-bond donors (Lipinski definition) is 0. The van der Waals surface area contributed by atoms with E-state index in [0.717, 1.165) is 0 Å². The van der Waals surface area contributed by atoms with Crippen molar-refractivity contribution in [2.75, 3.05) is 0 Å². The highest BCUT2D eigenvalue weighted by atomic mass is 16.2. The van der Waals surface area contributed by atoms with Gasteiger partial charge < -0.3 is 0 Å². The van der Waals surface area contributed by atoms with Gasteiger partial charge in [-0.25, -0.2) is 0 Å². The minimum atomic E-state index is -0.412. The van der Waals surface area contributed by atoms with Gasteiger partial charge in [-0.05, 0) is 6.08 Å². The fourth-order valence-corrected chi connectivity index (χ4v) is 2.08. The van der Waals surface area contributed by atoms with E-state index in [1.54, 1.807) is 36.4 Å². The molecule has 0 radical (unpaired) electrons. The van der Waals surface area contributed by atoms with E-state index in [-0.39, 0.29) is 17.1 Å².